The molecule has 5 nitrogen and oxygen atoms in total. The lowest BCUT2D eigenvalue weighted by Crippen LogP contribution is -2.36. The summed E-state index contributed by atoms with van der Waals surface area (Å²) in [5.74, 6) is -0.106. The number of rotatable bonds is 6. The Morgan fingerprint density at radius 1 is 1.30 bits per heavy atom. The number of aromatic nitrogens is 2. The van der Waals surface area contributed by atoms with Gasteiger partial charge in [-0.3, -0.25) is 4.79 Å². The Morgan fingerprint density at radius 3 is 2.57 bits per heavy atom. The van der Waals surface area contributed by atoms with E-state index in [2.05, 4.69) is 10.2 Å². The minimum absolute atomic E-state index is 0.106. The zero-order valence-corrected chi connectivity index (χ0v) is 15.4. The molecule has 0 bridgehead atoms. The number of hydrogen-bond acceptors (Lipinski definition) is 5. The standard InChI is InChI=1S/C16H21ClN4OS/c1-5-12(17)15(22)21(13-9-7-6-8-11(13)2)10-14-18-19-16(23-14)20(3)4/h6-9,12H,5,10H2,1-4H3. The van der Waals surface area contributed by atoms with Crippen LogP contribution in [-0.2, 0) is 11.3 Å². The fraction of sp³-hybridized carbons (Fsp3) is 0.438. The average Bonchev–Trinajstić information content (AvgIpc) is 3.01. The fourth-order valence-electron chi connectivity index (χ4n) is 2.12. The maximum atomic E-state index is 12.7. The van der Waals surface area contributed by atoms with Crippen molar-refractivity contribution in [3.63, 3.8) is 0 Å². The molecule has 124 valence electrons. The van der Waals surface area contributed by atoms with E-state index in [4.69, 9.17) is 11.6 Å². The van der Waals surface area contributed by atoms with Crippen LogP contribution in [0, 0.1) is 6.92 Å². The van der Waals surface area contributed by atoms with Gasteiger partial charge in [-0.25, -0.2) is 0 Å². The molecular weight excluding hydrogens is 332 g/mol. The molecule has 1 aromatic carbocycles. The zero-order chi connectivity index (χ0) is 17.0. The van der Waals surface area contributed by atoms with Crippen molar-refractivity contribution in [1.82, 2.24) is 10.2 Å². The van der Waals surface area contributed by atoms with Gasteiger partial charge in [0.25, 0.3) is 0 Å². The minimum Gasteiger partial charge on any atom is -0.353 e. The van der Waals surface area contributed by atoms with Crippen LogP contribution in [0.2, 0.25) is 0 Å². The summed E-state index contributed by atoms with van der Waals surface area (Å²) in [4.78, 5) is 16.3. The Kier molecular flexibility index (Phi) is 5.96. The van der Waals surface area contributed by atoms with Crippen LogP contribution in [0.5, 0.6) is 0 Å². The molecule has 0 saturated carbocycles. The van der Waals surface area contributed by atoms with E-state index >= 15 is 0 Å². The molecule has 0 fully saturated rings. The van der Waals surface area contributed by atoms with Crippen LogP contribution in [-0.4, -0.2) is 35.6 Å². The highest BCUT2D eigenvalue weighted by Gasteiger charge is 2.25. The lowest BCUT2D eigenvalue weighted by atomic mass is 10.1. The van der Waals surface area contributed by atoms with Gasteiger partial charge in [0, 0.05) is 19.8 Å². The number of carbonyl (C=O) groups excluding carboxylic acids is 1. The summed E-state index contributed by atoms with van der Waals surface area (Å²) < 4.78 is 0. The van der Waals surface area contributed by atoms with E-state index in [1.165, 1.54) is 11.3 Å². The number of anilines is 2. The molecule has 2 rings (SSSR count). The first-order valence-corrected chi connectivity index (χ1v) is 8.70. The van der Waals surface area contributed by atoms with Crippen molar-refractivity contribution in [2.45, 2.75) is 32.2 Å². The number of aryl methyl sites for hydroxylation is 1. The number of benzene rings is 1. The SMILES string of the molecule is CCC(Cl)C(=O)N(Cc1nnc(N(C)C)s1)c1ccccc1C. The van der Waals surface area contributed by atoms with Gasteiger partial charge < -0.3 is 9.80 Å². The molecular formula is C16H21ClN4OS. The van der Waals surface area contributed by atoms with Crippen molar-refractivity contribution in [1.29, 1.82) is 0 Å². The molecule has 23 heavy (non-hydrogen) atoms. The fourth-order valence-corrected chi connectivity index (χ4v) is 2.98. The third-order valence-electron chi connectivity index (χ3n) is 3.43. The van der Waals surface area contributed by atoms with Gasteiger partial charge >= 0.3 is 0 Å². The van der Waals surface area contributed by atoms with Crippen LogP contribution < -0.4 is 9.80 Å². The molecule has 1 amide bonds. The summed E-state index contributed by atoms with van der Waals surface area (Å²) in [5.41, 5.74) is 1.89. The normalized spacial score (nSPS) is 12.0. The third-order valence-corrected chi connectivity index (χ3v) is 5.00. The smallest absolute Gasteiger partial charge is 0.245 e. The maximum absolute atomic E-state index is 12.7. The van der Waals surface area contributed by atoms with Crippen molar-refractivity contribution in [3.8, 4) is 0 Å². The molecule has 0 aliphatic rings. The molecule has 1 heterocycles. The number of amides is 1. The first-order chi connectivity index (χ1) is 10.9. The third kappa shape index (κ3) is 4.20. The number of para-hydroxylation sites is 1. The van der Waals surface area contributed by atoms with E-state index in [0.717, 1.165) is 21.4 Å². The predicted molar refractivity (Wildman–Crippen MR) is 96.5 cm³/mol. The van der Waals surface area contributed by atoms with Crippen LogP contribution in [0.3, 0.4) is 0 Å². The highest BCUT2D eigenvalue weighted by Crippen LogP contribution is 2.26. The van der Waals surface area contributed by atoms with Gasteiger partial charge in [-0.05, 0) is 25.0 Å². The Morgan fingerprint density at radius 2 is 2.00 bits per heavy atom. The van der Waals surface area contributed by atoms with Crippen LogP contribution in [0.4, 0.5) is 10.8 Å². The summed E-state index contributed by atoms with van der Waals surface area (Å²) in [6, 6.07) is 7.79. The van der Waals surface area contributed by atoms with E-state index in [0.29, 0.717) is 13.0 Å². The summed E-state index contributed by atoms with van der Waals surface area (Å²) in [6.07, 6.45) is 0.585. The van der Waals surface area contributed by atoms with Gasteiger partial charge in [-0.15, -0.1) is 21.8 Å². The topological polar surface area (TPSA) is 49.3 Å². The van der Waals surface area contributed by atoms with Crippen LogP contribution in [0.1, 0.15) is 23.9 Å². The molecule has 0 radical (unpaired) electrons. The predicted octanol–water partition coefficient (Wildman–Crippen LogP) is 3.46. The van der Waals surface area contributed by atoms with Crippen molar-refractivity contribution in [3.05, 3.63) is 34.8 Å². The van der Waals surface area contributed by atoms with Crippen molar-refractivity contribution >= 4 is 39.7 Å². The average molecular weight is 353 g/mol. The highest BCUT2D eigenvalue weighted by atomic mass is 35.5. The minimum atomic E-state index is -0.546. The van der Waals surface area contributed by atoms with Crippen LogP contribution in [0.15, 0.2) is 24.3 Å². The quantitative estimate of drug-likeness (QED) is 0.747. The van der Waals surface area contributed by atoms with Gasteiger partial charge in [-0.1, -0.05) is 36.5 Å². The highest BCUT2D eigenvalue weighted by molar-refractivity contribution is 7.15. The van der Waals surface area contributed by atoms with E-state index in [9.17, 15) is 4.79 Å². The monoisotopic (exact) mass is 352 g/mol. The van der Waals surface area contributed by atoms with Gasteiger partial charge in [0.2, 0.25) is 11.0 Å². The zero-order valence-electron chi connectivity index (χ0n) is 13.8. The lowest BCUT2D eigenvalue weighted by Gasteiger charge is -2.25. The summed E-state index contributed by atoms with van der Waals surface area (Å²) in [5, 5.41) is 9.37. The molecule has 7 heteroatoms. The Balaban J connectivity index is 2.33. The van der Waals surface area contributed by atoms with Gasteiger partial charge in [0.1, 0.15) is 10.4 Å². The second-order valence-electron chi connectivity index (χ2n) is 5.46. The van der Waals surface area contributed by atoms with Crippen molar-refractivity contribution in [2.24, 2.45) is 0 Å². The molecule has 0 N–H and O–H groups in total. The Bertz CT molecular complexity index is 674. The summed E-state index contributed by atoms with van der Waals surface area (Å²) >= 11 is 7.68. The molecule has 0 aliphatic carbocycles. The molecule has 0 spiro atoms. The number of hydrogen-bond donors (Lipinski definition) is 0. The number of carbonyl (C=O) groups is 1. The van der Waals surface area contributed by atoms with E-state index in [1.807, 2.05) is 57.1 Å². The largest absolute Gasteiger partial charge is 0.353 e. The van der Waals surface area contributed by atoms with Crippen LogP contribution >= 0.6 is 22.9 Å². The molecule has 1 atom stereocenters. The summed E-state index contributed by atoms with van der Waals surface area (Å²) in [7, 11) is 3.83. The first-order valence-electron chi connectivity index (χ1n) is 7.44. The lowest BCUT2D eigenvalue weighted by molar-refractivity contribution is -0.118. The second-order valence-corrected chi connectivity index (χ2v) is 7.03. The van der Waals surface area contributed by atoms with E-state index in [-0.39, 0.29) is 5.91 Å². The van der Waals surface area contributed by atoms with Gasteiger partial charge in [0.05, 0.1) is 6.54 Å². The first kappa shape index (κ1) is 17.7. The van der Waals surface area contributed by atoms with E-state index < -0.39 is 5.38 Å². The van der Waals surface area contributed by atoms with Crippen LogP contribution in [0.25, 0.3) is 0 Å². The second kappa shape index (κ2) is 7.75. The van der Waals surface area contributed by atoms with Crippen molar-refractivity contribution in [2.75, 3.05) is 23.9 Å². The number of alkyl halides is 1. The maximum Gasteiger partial charge on any atom is 0.245 e. The van der Waals surface area contributed by atoms with E-state index in [1.54, 1.807) is 4.90 Å². The molecule has 0 saturated heterocycles. The Labute approximate surface area is 145 Å². The number of halogens is 1. The number of nitrogens with zero attached hydrogens (tertiary/aromatic N) is 4. The summed E-state index contributed by atoms with van der Waals surface area (Å²) in [6.45, 7) is 4.26. The molecule has 0 aliphatic heterocycles. The molecule has 1 aromatic heterocycles. The van der Waals surface area contributed by atoms with Gasteiger partial charge in [-0.2, -0.15) is 0 Å². The molecule has 1 unspecified atom stereocenters. The molecule has 2 aromatic rings. The Hall–Kier alpha value is -1.66. The van der Waals surface area contributed by atoms with Gasteiger partial charge in [0.15, 0.2) is 0 Å². The van der Waals surface area contributed by atoms with Crippen molar-refractivity contribution < 1.29 is 4.79 Å².